The molecule has 122 heavy (non-hydrogen) atoms. The maximum atomic E-state index is 6.45. The number of hydrogen-bond acceptors (Lipinski definition) is 3. The summed E-state index contributed by atoms with van der Waals surface area (Å²) in [6.45, 7) is 4.36. The van der Waals surface area contributed by atoms with Crippen molar-refractivity contribution in [3.63, 3.8) is 0 Å². The van der Waals surface area contributed by atoms with Crippen LogP contribution in [0, 0.1) is 13.8 Å². The lowest BCUT2D eigenvalue weighted by Crippen LogP contribution is -1.96. The molecule has 19 aromatic carbocycles. The van der Waals surface area contributed by atoms with Crippen molar-refractivity contribution in [3.05, 3.63) is 442 Å². The van der Waals surface area contributed by atoms with Crippen LogP contribution in [0.5, 0.6) is 0 Å². The van der Waals surface area contributed by atoms with Crippen molar-refractivity contribution >= 4 is 150 Å². The molecular formula is C116H77N3OS2. The van der Waals surface area contributed by atoms with Gasteiger partial charge in [0, 0.05) is 106 Å². The highest BCUT2D eigenvalue weighted by Crippen LogP contribution is 2.47. The van der Waals surface area contributed by atoms with Gasteiger partial charge in [-0.25, -0.2) is 0 Å². The van der Waals surface area contributed by atoms with Crippen LogP contribution in [0.3, 0.4) is 0 Å². The first-order valence-electron chi connectivity index (χ1n) is 41.7. The smallest absolute Gasteiger partial charge is 0.143 e. The summed E-state index contributed by atoms with van der Waals surface area (Å²) in [5, 5.41) is 15.2. The summed E-state index contributed by atoms with van der Waals surface area (Å²) in [5.74, 6) is 0. The van der Waals surface area contributed by atoms with E-state index in [1.165, 1.54) is 189 Å². The number of fused-ring (bicyclic) bond motifs is 18. The lowest BCUT2D eigenvalue weighted by Gasteiger charge is -2.14. The molecule has 0 atom stereocenters. The first-order valence-corrected chi connectivity index (χ1v) is 43.4. The first kappa shape index (κ1) is 72.1. The van der Waals surface area contributed by atoms with Gasteiger partial charge in [0.05, 0.1) is 33.1 Å². The molecule has 6 aromatic heterocycles. The topological polar surface area (TPSA) is 27.9 Å². The minimum absolute atomic E-state index is 0.913. The Morgan fingerprint density at radius 2 is 0.492 bits per heavy atom. The van der Waals surface area contributed by atoms with Gasteiger partial charge in [0.15, 0.2) is 0 Å². The maximum Gasteiger partial charge on any atom is 0.143 e. The van der Waals surface area contributed by atoms with Crippen molar-refractivity contribution in [3.8, 4) is 95.0 Å². The van der Waals surface area contributed by atoms with E-state index >= 15 is 0 Å². The molecule has 0 aliphatic rings. The largest absolute Gasteiger partial charge is 0.455 e. The van der Waals surface area contributed by atoms with Crippen molar-refractivity contribution in [1.29, 1.82) is 0 Å². The standard InChI is InChI=1S/C42H27NO.C42H27NS.C32H23NS/c2*1-3-12-28(13-4-1)31-24-32(29-14-5-2-6-15-29)26-33(25-31)43-39-20-9-7-16-35(39)36-23-22-30(27-40(36)43)34-18-11-19-38-37-17-8-10-21-41(37)44-42(34)38;1-20-16-21(2)18-23(17-20)33-29-12-5-3-8-25(29)26-15-14-22(19-30(26)33)24-10-7-11-28-27-9-4-6-13-31(27)34-32(24)28/h2*1-27H;3-19H,1-2H3. The van der Waals surface area contributed by atoms with Gasteiger partial charge >= 0.3 is 0 Å². The molecule has 0 saturated carbocycles. The predicted molar refractivity (Wildman–Crippen MR) is 523 cm³/mol. The number of rotatable bonds is 10. The zero-order valence-electron chi connectivity index (χ0n) is 67.1. The van der Waals surface area contributed by atoms with Crippen molar-refractivity contribution in [2.45, 2.75) is 13.8 Å². The molecule has 0 aliphatic heterocycles. The monoisotopic (exact) mass is 1590 g/mol. The molecule has 0 amide bonds. The molecule has 0 N–H and O–H groups in total. The summed E-state index contributed by atoms with van der Waals surface area (Å²) < 4.78 is 19.1. The van der Waals surface area contributed by atoms with Crippen LogP contribution in [-0.4, -0.2) is 13.7 Å². The van der Waals surface area contributed by atoms with E-state index in [0.717, 1.165) is 44.4 Å². The number of aryl methyl sites for hydroxylation is 2. The Morgan fingerprint density at radius 3 is 0.893 bits per heavy atom. The molecule has 0 spiro atoms. The zero-order valence-corrected chi connectivity index (χ0v) is 68.7. The van der Waals surface area contributed by atoms with E-state index < -0.39 is 0 Å². The average Bonchev–Trinajstić information content (AvgIpc) is 1.59. The van der Waals surface area contributed by atoms with Gasteiger partial charge in [-0.15, -0.1) is 22.7 Å². The number of hydrogen-bond donors (Lipinski definition) is 0. The fourth-order valence-electron chi connectivity index (χ4n) is 18.9. The first-order chi connectivity index (χ1) is 60.3. The van der Waals surface area contributed by atoms with Gasteiger partial charge in [-0.2, -0.15) is 0 Å². The highest BCUT2D eigenvalue weighted by molar-refractivity contribution is 7.26. The summed E-state index contributed by atoms with van der Waals surface area (Å²) in [6.07, 6.45) is 0. The van der Waals surface area contributed by atoms with Crippen LogP contribution in [0.4, 0.5) is 0 Å². The number of aromatic nitrogens is 3. The normalized spacial score (nSPS) is 11.7. The highest BCUT2D eigenvalue weighted by Gasteiger charge is 2.23. The third-order valence-corrected chi connectivity index (χ3v) is 26.9. The molecule has 25 rings (SSSR count). The molecular weight excluding hydrogens is 1520 g/mol. The Balaban J connectivity index is 0.000000107. The lowest BCUT2D eigenvalue weighted by molar-refractivity contribution is 0.670. The third-order valence-electron chi connectivity index (χ3n) is 24.4. The number of furan rings is 1. The van der Waals surface area contributed by atoms with Crippen LogP contribution in [0.1, 0.15) is 11.1 Å². The van der Waals surface area contributed by atoms with E-state index in [1.807, 2.05) is 34.8 Å². The Kier molecular flexibility index (Phi) is 17.7. The maximum absolute atomic E-state index is 6.45. The Labute approximate surface area is 713 Å². The van der Waals surface area contributed by atoms with Gasteiger partial charge in [-0.3, -0.25) is 0 Å². The fourth-order valence-corrected chi connectivity index (χ4v) is 21.4. The summed E-state index contributed by atoms with van der Waals surface area (Å²) in [7, 11) is 0. The molecule has 0 unspecified atom stereocenters. The van der Waals surface area contributed by atoms with Gasteiger partial charge in [-0.1, -0.05) is 328 Å². The minimum Gasteiger partial charge on any atom is -0.455 e. The van der Waals surface area contributed by atoms with E-state index in [1.54, 1.807) is 0 Å². The van der Waals surface area contributed by atoms with E-state index in [4.69, 9.17) is 4.42 Å². The van der Waals surface area contributed by atoms with E-state index in [2.05, 4.69) is 446 Å². The van der Waals surface area contributed by atoms with Crippen LogP contribution >= 0.6 is 22.7 Å². The quantitative estimate of drug-likeness (QED) is 0.134. The second kappa shape index (κ2) is 30.0. The highest BCUT2D eigenvalue weighted by atomic mass is 32.1. The third kappa shape index (κ3) is 12.6. The van der Waals surface area contributed by atoms with Crippen molar-refractivity contribution < 1.29 is 4.42 Å². The van der Waals surface area contributed by atoms with E-state index in [0.29, 0.717) is 0 Å². The van der Waals surface area contributed by atoms with Crippen molar-refractivity contribution in [1.82, 2.24) is 13.7 Å². The van der Waals surface area contributed by atoms with E-state index in [9.17, 15) is 0 Å². The fraction of sp³-hybridized carbons (Fsp3) is 0.0172. The molecule has 6 heterocycles. The molecule has 0 fully saturated rings. The van der Waals surface area contributed by atoms with Crippen LogP contribution in [0.25, 0.3) is 223 Å². The average molecular weight is 1590 g/mol. The summed E-state index contributed by atoms with van der Waals surface area (Å²) >= 11 is 3.78. The predicted octanol–water partition coefficient (Wildman–Crippen LogP) is 33.3. The Hall–Kier alpha value is -15.2. The van der Waals surface area contributed by atoms with E-state index in [-0.39, 0.29) is 0 Å². The van der Waals surface area contributed by atoms with Crippen molar-refractivity contribution in [2.75, 3.05) is 0 Å². The second-order valence-electron chi connectivity index (χ2n) is 31.9. The molecule has 25 aromatic rings. The van der Waals surface area contributed by atoms with Gasteiger partial charge < -0.3 is 18.1 Å². The number of thiophene rings is 2. The Morgan fingerprint density at radius 1 is 0.189 bits per heavy atom. The molecule has 0 bridgehead atoms. The van der Waals surface area contributed by atoms with Crippen LogP contribution in [0.2, 0.25) is 0 Å². The van der Waals surface area contributed by atoms with Crippen molar-refractivity contribution in [2.24, 2.45) is 0 Å². The van der Waals surface area contributed by atoms with Gasteiger partial charge in [0.1, 0.15) is 11.2 Å². The summed E-state index contributed by atoms with van der Waals surface area (Å²) in [5.41, 5.74) is 32.1. The zero-order chi connectivity index (χ0) is 80.9. The summed E-state index contributed by atoms with van der Waals surface area (Å²) in [4.78, 5) is 0. The minimum atomic E-state index is 0.913. The number of para-hydroxylation sites is 5. The van der Waals surface area contributed by atoms with Crippen LogP contribution in [-0.2, 0) is 0 Å². The molecule has 0 radical (unpaired) electrons. The lowest BCUT2D eigenvalue weighted by atomic mass is 9.98. The molecule has 4 nitrogen and oxygen atoms in total. The number of benzene rings is 19. The molecule has 0 aliphatic carbocycles. The summed E-state index contributed by atoms with van der Waals surface area (Å²) in [6, 6.07) is 156. The Bertz CT molecular complexity index is 7920. The second-order valence-corrected chi connectivity index (χ2v) is 34.0. The van der Waals surface area contributed by atoms with Gasteiger partial charge in [0.2, 0.25) is 0 Å². The molecule has 6 heteroatoms. The number of nitrogens with zero attached hydrogens (tertiary/aromatic N) is 3. The van der Waals surface area contributed by atoms with Gasteiger partial charge in [-0.05, 0) is 200 Å². The van der Waals surface area contributed by atoms with Gasteiger partial charge in [0.25, 0.3) is 0 Å². The van der Waals surface area contributed by atoms with Crippen LogP contribution in [0.15, 0.2) is 435 Å². The SMILES string of the molecule is Cc1cc(C)cc(-n2c3ccccc3c3ccc(-c4cccc5c4sc4ccccc45)cc32)c1.c1ccc(-c2cc(-c3ccccc3)cc(-n3c4ccccc4c4ccc(-c5cccc6c5oc5ccccc56)cc43)c2)cc1.c1ccc(-c2cc(-c3ccccc3)cc(-n3c4ccccc4c4ccc(-c5cccc6c5sc5ccccc56)cc43)c2)cc1. The van der Waals surface area contributed by atoms with Crippen LogP contribution < -0.4 is 0 Å². The molecule has 574 valence electrons. The molecule has 0 saturated heterocycles.